The molecule has 2 heterocycles. The number of pyridine rings is 1. The first kappa shape index (κ1) is 16.1. The van der Waals surface area contributed by atoms with Crippen LogP contribution in [0.3, 0.4) is 0 Å². The Bertz CT molecular complexity index is 1140. The van der Waals surface area contributed by atoms with E-state index in [2.05, 4.69) is 10.4 Å². The van der Waals surface area contributed by atoms with Crippen molar-refractivity contribution < 1.29 is 4.79 Å². The van der Waals surface area contributed by atoms with Gasteiger partial charge in [-0.05, 0) is 41.5 Å². The Hall–Kier alpha value is -3.41. The van der Waals surface area contributed by atoms with Crippen LogP contribution in [0.4, 0.5) is 0 Å². The maximum Gasteiger partial charge on any atom is 0.350 e. The second kappa shape index (κ2) is 6.84. The van der Waals surface area contributed by atoms with Crippen molar-refractivity contribution in [3.05, 3.63) is 82.9 Å². The SMILES string of the molecule is O=C(NCCCn1nc2ccccn2c1=O)c1ccc2ccccc2c1. The number of benzene rings is 2. The molecule has 0 spiro atoms. The van der Waals surface area contributed by atoms with Crippen LogP contribution >= 0.6 is 0 Å². The zero-order chi connectivity index (χ0) is 17.9. The van der Waals surface area contributed by atoms with E-state index >= 15 is 0 Å². The molecule has 0 atom stereocenters. The third kappa shape index (κ3) is 3.09. The van der Waals surface area contributed by atoms with Crippen molar-refractivity contribution in [3.63, 3.8) is 0 Å². The molecule has 0 aliphatic rings. The number of fused-ring (bicyclic) bond motifs is 2. The van der Waals surface area contributed by atoms with Gasteiger partial charge >= 0.3 is 5.69 Å². The molecule has 0 bridgehead atoms. The molecule has 2 aromatic carbocycles. The number of nitrogens with one attached hydrogen (secondary N) is 1. The number of rotatable bonds is 5. The quantitative estimate of drug-likeness (QED) is 0.565. The molecule has 0 aliphatic carbocycles. The van der Waals surface area contributed by atoms with Crippen molar-refractivity contribution in [2.75, 3.05) is 6.54 Å². The van der Waals surface area contributed by atoms with Gasteiger partial charge in [-0.2, -0.15) is 0 Å². The fourth-order valence-corrected chi connectivity index (χ4v) is 2.98. The van der Waals surface area contributed by atoms with Crippen LogP contribution in [0.25, 0.3) is 16.4 Å². The minimum atomic E-state index is -0.165. The van der Waals surface area contributed by atoms with E-state index in [1.54, 1.807) is 18.3 Å². The highest BCUT2D eigenvalue weighted by Crippen LogP contribution is 2.15. The number of nitrogens with zero attached hydrogens (tertiary/aromatic N) is 3. The van der Waals surface area contributed by atoms with Crippen molar-refractivity contribution in [2.24, 2.45) is 0 Å². The number of aromatic nitrogens is 3. The zero-order valence-electron chi connectivity index (χ0n) is 14.1. The van der Waals surface area contributed by atoms with E-state index in [-0.39, 0.29) is 11.6 Å². The highest BCUT2D eigenvalue weighted by Gasteiger charge is 2.07. The standard InChI is InChI=1S/C20H18N4O2/c25-19(17-10-9-15-6-1-2-7-16(15)14-17)21-11-5-13-24-20(26)23-12-4-3-8-18(23)22-24/h1-4,6-10,12,14H,5,11,13H2,(H,21,25). The molecule has 4 aromatic rings. The molecule has 2 aromatic heterocycles. The maximum absolute atomic E-state index is 12.3. The Morgan fingerprint density at radius 3 is 2.65 bits per heavy atom. The van der Waals surface area contributed by atoms with Gasteiger partial charge in [-0.1, -0.05) is 36.4 Å². The first-order valence-corrected chi connectivity index (χ1v) is 8.53. The van der Waals surface area contributed by atoms with E-state index in [1.165, 1.54) is 9.08 Å². The molecule has 1 amide bonds. The summed E-state index contributed by atoms with van der Waals surface area (Å²) in [7, 11) is 0. The van der Waals surface area contributed by atoms with Gasteiger partial charge < -0.3 is 5.32 Å². The van der Waals surface area contributed by atoms with E-state index in [1.807, 2.05) is 48.5 Å². The molecule has 0 unspecified atom stereocenters. The highest BCUT2D eigenvalue weighted by atomic mass is 16.2. The van der Waals surface area contributed by atoms with Crippen molar-refractivity contribution in [1.29, 1.82) is 0 Å². The molecule has 0 aliphatic heterocycles. The molecule has 1 N–H and O–H groups in total. The Labute approximate surface area is 149 Å². The monoisotopic (exact) mass is 346 g/mol. The average molecular weight is 346 g/mol. The molecule has 0 fully saturated rings. The summed E-state index contributed by atoms with van der Waals surface area (Å²) >= 11 is 0. The fraction of sp³-hybridized carbons (Fsp3) is 0.150. The second-order valence-electron chi connectivity index (χ2n) is 6.11. The van der Waals surface area contributed by atoms with Crippen LogP contribution in [0.2, 0.25) is 0 Å². The number of carbonyl (C=O) groups is 1. The summed E-state index contributed by atoms with van der Waals surface area (Å²) in [6.07, 6.45) is 2.33. The number of amides is 1. The topological polar surface area (TPSA) is 68.4 Å². The Balaban J connectivity index is 1.37. The predicted molar refractivity (Wildman–Crippen MR) is 100 cm³/mol. The van der Waals surface area contributed by atoms with Crippen molar-refractivity contribution in [1.82, 2.24) is 19.5 Å². The van der Waals surface area contributed by atoms with Gasteiger partial charge in [-0.25, -0.2) is 9.48 Å². The molecule has 0 saturated heterocycles. The molecule has 0 saturated carbocycles. The third-order valence-electron chi connectivity index (χ3n) is 4.33. The Kier molecular flexibility index (Phi) is 4.23. The van der Waals surface area contributed by atoms with E-state index in [4.69, 9.17) is 0 Å². The fourth-order valence-electron chi connectivity index (χ4n) is 2.98. The Morgan fingerprint density at radius 1 is 1.00 bits per heavy atom. The van der Waals surface area contributed by atoms with Crippen LogP contribution in [-0.2, 0) is 6.54 Å². The normalized spacial score (nSPS) is 11.1. The van der Waals surface area contributed by atoms with Gasteiger partial charge in [0.2, 0.25) is 0 Å². The number of hydrogen-bond acceptors (Lipinski definition) is 3. The lowest BCUT2D eigenvalue weighted by atomic mass is 10.1. The minimum Gasteiger partial charge on any atom is -0.352 e. The summed E-state index contributed by atoms with van der Waals surface area (Å²) in [5, 5.41) is 9.32. The van der Waals surface area contributed by atoms with Crippen LogP contribution < -0.4 is 11.0 Å². The van der Waals surface area contributed by atoms with E-state index in [0.29, 0.717) is 30.7 Å². The molecule has 4 rings (SSSR count). The van der Waals surface area contributed by atoms with Gasteiger partial charge in [-0.3, -0.25) is 9.20 Å². The summed E-state index contributed by atoms with van der Waals surface area (Å²) in [5.74, 6) is -0.113. The van der Waals surface area contributed by atoms with Crippen molar-refractivity contribution in [2.45, 2.75) is 13.0 Å². The number of carbonyl (C=O) groups excluding carboxylic acids is 1. The predicted octanol–water partition coefficient (Wildman–Crippen LogP) is 2.47. The molecule has 130 valence electrons. The summed E-state index contributed by atoms with van der Waals surface area (Å²) in [5.41, 5.74) is 1.09. The van der Waals surface area contributed by atoms with Gasteiger partial charge in [0, 0.05) is 24.8 Å². The van der Waals surface area contributed by atoms with Crippen LogP contribution in [0.1, 0.15) is 16.8 Å². The van der Waals surface area contributed by atoms with Crippen LogP contribution in [0, 0.1) is 0 Å². The minimum absolute atomic E-state index is 0.113. The third-order valence-corrected chi connectivity index (χ3v) is 4.33. The molecule has 26 heavy (non-hydrogen) atoms. The van der Waals surface area contributed by atoms with Gasteiger partial charge in [-0.15, -0.1) is 5.10 Å². The lowest BCUT2D eigenvalue weighted by Crippen LogP contribution is -2.27. The smallest absolute Gasteiger partial charge is 0.350 e. The van der Waals surface area contributed by atoms with Crippen LogP contribution in [0.5, 0.6) is 0 Å². The maximum atomic E-state index is 12.3. The zero-order valence-corrected chi connectivity index (χ0v) is 14.1. The van der Waals surface area contributed by atoms with E-state index in [9.17, 15) is 9.59 Å². The summed E-state index contributed by atoms with van der Waals surface area (Å²) in [6, 6.07) is 19.0. The van der Waals surface area contributed by atoms with Gasteiger partial charge in [0.25, 0.3) is 5.91 Å². The Morgan fingerprint density at radius 2 is 1.81 bits per heavy atom. The summed E-state index contributed by atoms with van der Waals surface area (Å²) < 4.78 is 2.94. The largest absolute Gasteiger partial charge is 0.352 e. The molecular weight excluding hydrogens is 328 g/mol. The number of aryl methyl sites for hydroxylation is 1. The van der Waals surface area contributed by atoms with Crippen molar-refractivity contribution >= 4 is 22.3 Å². The summed E-state index contributed by atoms with van der Waals surface area (Å²) in [4.78, 5) is 24.5. The number of hydrogen-bond donors (Lipinski definition) is 1. The van der Waals surface area contributed by atoms with Gasteiger partial charge in [0.15, 0.2) is 5.65 Å². The lowest BCUT2D eigenvalue weighted by Gasteiger charge is -2.06. The second-order valence-corrected chi connectivity index (χ2v) is 6.11. The highest BCUT2D eigenvalue weighted by molar-refractivity contribution is 5.98. The van der Waals surface area contributed by atoms with Crippen LogP contribution in [0.15, 0.2) is 71.7 Å². The summed E-state index contributed by atoms with van der Waals surface area (Å²) in [6.45, 7) is 0.935. The van der Waals surface area contributed by atoms with Gasteiger partial charge in [0.05, 0.1) is 0 Å². The van der Waals surface area contributed by atoms with E-state index < -0.39 is 0 Å². The first-order chi connectivity index (χ1) is 12.7. The van der Waals surface area contributed by atoms with Crippen molar-refractivity contribution in [3.8, 4) is 0 Å². The van der Waals surface area contributed by atoms with Gasteiger partial charge in [0.1, 0.15) is 0 Å². The molecule has 6 heteroatoms. The average Bonchev–Trinajstić information content (AvgIpc) is 3.01. The molecule has 6 nitrogen and oxygen atoms in total. The molecule has 0 radical (unpaired) electrons. The van der Waals surface area contributed by atoms with Crippen LogP contribution in [-0.4, -0.2) is 26.6 Å². The van der Waals surface area contributed by atoms with E-state index in [0.717, 1.165) is 10.8 Å². The first-order valence-electron chi connectivity index (χ1n) is 8.53. The molecular formula is C20H18N4O2. The lowest BCUT2D eigenvalue weighted by molar-refractivity contribution is 0.0952.